The number of benzene rings is 1. The summed E-state index contributed by atoms with van der Waals surface area (Å²) < 4.78 is 40.3. The van der Waals surface area contributed by atoms with Crippen molar-refractivity contribution < 1.29 is 22.7 Å². The SMILES string of the molecule is Cc1ccc(F)cc1S(=O)(=O)N1C2CCC1C(C(=O)O)C2. The molecule has 3 atom stereocenters. The van der Waals surface area contributed by atoms with Crippen molar-refractivity contribution in [3.63, 3.8) is 0 Å². The Labute approximate surface area is 122 Å². The molecule has 5 nitrogen and oxygen atoms in total. The van der Waals surface area contributed by atoms with Crippen molar-refractivity contribution in [1.29, 1.82) is 0 Å². The smallest absolute Gasteiger partial charge is 0.308 e. The van der Waals surface area contributed by atoms with Crippen molar-refractivity contribution in [2.75, 3.05) is 0 Å². The normalized spacial score (nSPS) is 29.0. The topological polar surface area (TPSA) is 74.7 Å². The monoisotopic (exact) mass is 313 g/mol. The Balaban J connectivity index is 2.04. The zero-order valence-electron chi connectivity index (χ0n) is 11.5. The molecule has 2 aliphatic rings. The third kappa shape index (κ3) is 2.15. The number of hydrogen-bond acceptors (Lipinski definition) is 3. The third-order valence-electron chi connectivity index (χ3n) is 4.50. The number of aryl methyl sites for hydroxylation is 1. The molecule has 21 heavy (non-hydrogen) atoms. The van der Waals surface area contributed by atoms with Crippen LogP contribution in [0.2, 0.25) is 0 Å². The first-order valence-corrected chi connectivity index (χ1v) is 8.29. The summed E-state index contributed by atoms with van der Waals surface area (Å²) >= 11 is 0. The van der Waals surface area contributed by atoms with Gasteiger partial charge in [0.05, 0.1) is 10.8 Å². The Morgan fingerprint density at radius 2 is 2.10 bits per heavy atom. The first-order chi connectivity index (χ1) is 9.82. The lowest BCUT2D eigenvalue weighted by molar-refractivity contribution is -0.142. The molecule has 0 amide bonds. The molecule has 1 aromatic rings. The molecule has 114 valence electrons. The predicted octanol–water partition coefficient (Wildman–Crippen LogP) is 1.76. The summed E-state index contributed by atoms with van der Waals surface area (Å²) in [7, 11) is -3.86. The lowest BCUT2D eigenvalue weighted by Crippen LogP contribution is -2.38. The number of carboxylic acids is 1. The minimum atomic E-state index is -3.86. The summed E-state index contributed by atoms with van der Waals surface area (Å²) in [5.74, 6) is -2.23. The van der Waals surface area contributed by atoms with Crippen molar-refractivity contribution in [1.82, 2.24) is 4.31 Å². The number of rotatable bonds is 3. The summed E-state index contributed by atoms with van der Waals surface area (Å²) in [5.41, 5.74) is 0.467. The quantitative estimate of drug-likeness (QED) is 0.922. The van der Waals surface area contributed by atoms with Crippen LogP contribution in [0.4, 0.5) is 4.39 Å². The van der Waals surface area contributed by atoms with Crippen molar-refractivity contribution in [2.24, 2.45) is 5.92 Å². The fourth-order valence-electron chi connectivity index (χ4n) is 3.54. The van der Waals surface area contributed by atoms with Crippen molar-refractivity contribution >= 4 is 16.0 Å². The van der Waals surface area contributed by atoms with Gasteiger partial charge >= 0.3 is 5.97 Å². The second-order valence-corrected chi connectivity index (χ2v) is 7.54. The molecule has 0 radical (unpaired) electrons. The van der Waals surface area contributed by atoms with Crippen LogP contribution in [0.1, 0.15) is 24.8 Å². The van der Waals surface area contributed by atoms with E-state index in [1.807, 2.05) is 0 Å². The molecule has 2 heterocycles. The van der Waals surface area contributed by atoms with Crippen molar-refractivity contribution in [3.8, 4) is 0 Å². The maximum absolute atomic E-state index is 13.4. The van der Waals surface area contributed by atoms with Gasteiger partial charge in [-0.1, -0.05) is 6.07 Å². The van der Waals surface area contributed by atoms with Crippen LogP contribution in [0, 0.1) is 18.7 Å². The van der Waals surface area contributed by atoms with Crippen LogP contribution in [0.3, 0.4) is 0 Å². The van der Waals surface area contributed by atoms with Gasteiger partial charge in [0.25, 0.3) is 0 Å². The lowest BCUT2D eigenvalue weighted by Gasteiger charge is -2.23. The number of fused-ring (bicyclic) bond motifs is 2. The van der Waals surface area contributed by atoms with E-state index in [1.165, 1.54) is 16.4 Å². The number of halogens is 1. The third-order valence-corrected chi connectivity index (χ3v) is 6.62. The molecule has 2 fully saturated rings. The van der Waals surface area contributed by atoms with Crippen LogP contribution < -0.4 is 0 Å². The van der Waals surface area contributed by atoms with Crippen LogP contribution in [0.25, 0.3) is 0 Å². The first kappa shape index (κ1) is 14.5. The minimum Gasteiger partial charge on any atom is -0.481 e. The largest absolute Gasteiger partial charge is 0.481 e. The number of carbonyl (C=O) groups is 1. The van der Waals surface area contributed by atoms with Gasteiger partial charge in [-0.15, -0.1) is 0 Å². The molecule has 0 aliphatic carbocycles. The second-order valence-electron chi connectivity index (χ2n) is 5.72. The van der Waals surface area contributed by atoms with E-state index in [1.54, 1.807) is 6.92 Å². The van der Waals surface area contributed by atoms with Gasteiger partial charge in [-0.3, -0.25) is 4.79 Å². The molecule has 3 rings (SSSR count). The van der Waals surface area contributed by atoms with E-state index in [4.69, 9.17) is 0 Å². The molecule has 0 aromatic heterocycles. The van der Waals surface area contributed by atoms with Crippen molar-refractivity contribution in [2.45, 2.75) is 43.2 Å². The van der Waals surface area contributed by atoms with Gasteiger partial charge in [0.1, 0.15) is 5.82 Å². The van der Waals surface area contributed by atoms with Gasteiger partial charge in [0, 0.05) is 12.1 Å². The van der Waals surface area contributed by atoms with Crippen LogP contribution in [-0.4, -0.2) is 35.9 Å². The molecule has 3 unspecified atom stereocenters. The van der Waals surface area contributed by atoms with Crippen LogP contribution in [0.15, 0.2) is 23.1 Å². The van der Waals surface area contributed by atoms with Gasteiger partial charge in [-0.05, 0) is 43.9 Å². The highest BCUT2D eigenvalue weighted by molar-refractivity contribution is 7.89. The second kappa shape index (κ2) is 4.78. The van der Waals surface area contributed by atoms with E-state index in [2.05, 4.69) is 0 Å². The minimum absolute atomic E-state index is 0.0644. The van der Waals surface area contributed by atoms with Gasteiger partial charge in [0.2, 0.25) is 10.0 Å². The highest BCUT2D eigenvalue weighted by Gasteiger charge is 2.54. The Bertz CT molecular complexity index is 703. The Morgan fingerprint density at radius 1 is 1.38 bits per heavy atom. The molecule has 2 bridgehead atoms. The summed E-state index contributed by atoms with van der Waals surface area (Å²) in [5, 5.41) is 9.21. The number of hydrogen-bond donors (Lipinski definition) is 1. The maximum atomic E-state index is 13.4. The zero-order valence-corrected chi connectivity index (χ0v) is 12.3. The fraction of sp³-hybridized carbons (Fsp3) is 0.500. The summed E-state index contributed by atoms with van der Waals surface area (Å²) in [6, 6.07) is 2.85. The summed E-state index contributed by atoms with van der Waals surface area (Å²) in [4.78, 5) is 11.2. The summed E-state index contributed by atoms with van der Waals surface area (Å²) in [6.07, 6.45) is 1.56. The van der Waals surface area contributed by atoms with Gasteiger partial charge in [-0.25, -0.2) is 12.8 Å². The Morgan fingerprint density at radius 3 is 2.71 bits per heavy atom. The molecular formula is C14H16FNO4S. The van der Waals surface area contributed by atoms with E-state index in [-0.39, 0.29) is 10.9 Å². The van der Waals surface area contributed by atoms with E-state index in [0.717, 1.165) is 6.07 Å². The zero-order chi connectivity index (χ0) is 15.4. The molecule has 0 spiro atoms. The maximum Gasteiger partial charge on any atom is 0.308 e. The standard InChI is InChI=1S/C14H16FNO4S/c1-8-2-3-9(15)6-13(8)21(19,20)16-10-4-5-12(16)11(7-10)14(17)18/h2-3,6,10-12H,4-5,7H2,1H3,(H,17,18). The molecule has 0 saturated carbocycles. The van der Waals surface area contributed by atoms with Gasteiger partial charge in [-0.2, -0.15) is 4.31 Å². The highest BCUT2D eigenvalue weighted by atomic mass is 32.2. The molecule has 7 heteroatoms. The fourth-order valence-corrected chi connectivity index (χ4v) is 5.70. The van der Waals surface area contributed by atoms with Crippen molar-refractivity contribution in [3.05, 3.63) is 29.6 Å². The average molecular weight is 313 g/mol. The Hall–Kier alpha value is -1.47. The summed E-state index contributed by atoms with van der Waals surface area (Å²) in [6.45, 7) is 1.61. The molecule has 1 aromatic carbocycles. The molecule has 1 N–H and O–H groups in total. The molecular weight excluding hydrogens is 297 g/mol. The predicted molar refractivity (Wildman–Crippen MR) is 72.7 cm³/mol. The van der Waals surface area contributed by atoms with E-state index in [9.17, 15) is 22.7 Å². The van der Waals surface area contributed by atoms with E-state index < -0.39 is 33.8 Å². The highest BCUT2D eigenvalue weighted by Crippen LogP contribution is 2.45. The number of aliphatic carboxylic acids is 1. The average Bonchev–Trinajstić information content (AvgIpc) is 2.99. The molecule has 2 aliphatic heterocycles. The van der Waals surface area contributed by atoms with Crippen LogP contribution in [-0.2, 0) is 14.8 Å². The first-order valence-electron chi connectivity index (χ1n) is 6.85. The van der Waals surface area contributed by atoms with Crippen LogP contribution >= 0.6 is 0 Å². The van der Waals surface area contributed by atoms with Gasteiger partial charge in [0.15, 0.2) is 0 Å². The number of sulfonamides is 1. The van der Waals surface area contributed by atoms with Gasteiger partial charge < -0.3 is 5.11 Å². The van der Waals surface area contributed by atoms with E-state index >= 15 is 0 Å². The number of carboxylic acid groups (broad SMARTS) is 1. The lowest BCUT2D eigenvalue weighted by atomic mass is 9.89. The number of nitrogens with zero attached hydrogens (tertiary/aromatic N) is 1. The van der Waals surface area contributed by atoms with E-state index in [0.29, 0.717) is 24.8 Å². The molecule has 2 saturated heterocycles. The Kier molecular flexibility index (Phi) is 3.29. The van der Waals surface area contributed by atoms with Crippen LogP contribution in [0.5, 0.6) is 0 Å².